The highest BCUT2D eigenvalue weighted by atomic mass is 35.5. The highest BCUT2D eigenvalue weighted by Gasteiger charge is 2.09. The van der Waals surface area contributed by atoms with Gasteiger partial charge in [0.05, 0.1) is 31.8 Å². The smallest absolute Gasteiger partial charge is 0.248 e. The third-order valence-electron chi connectivity index (χ3n) is 4.58. The summed E-state index contributed by atoms with van der Waals surface area (Å²) in [5.41, 5.74) is 3.20. The lowest BCUT2D eigenvalue weighted by molar-refractivity contribution is -0.111. The number of rotatable bonds is 8. The maximum absolute atomic E-state index is 12.2. The van der Waals surface area contributed by atoms with Crippen molar-refractivity contribution in [3.8, 4) is 11.5 Å². The van der Waals surface area contributed by atoms with E-state index in [1.165, 1.54) is 6.08 Å². The molecule has 0 unspecified atom stereocenters. The maximum atomic E-state index is 12.2. The molecule has 0 saturated carbocycles. The summed E-state index contributed by atoms with van der Waals surface area (Å²) in [5.74, 6) is 1.12. The van der Waals surface area contributed by atoms with Gasteiger partial charge in [-0.3, -0.25) is 14.2 Å². The molecule has 0 aliphatic heterocycles. The summed E-state index contributed by atoms with van der Waals surface area (Å²) in [4.78, 5) is 12.2. The monoisotopic (exact) mass is 429 g/mol. The van der Waals surface area contributed by atoms with Crippen LogP contribution < -0.4 is 14.8 Å². The van der Waals surface area contributed by atoms with E-state index in [-0.39, 0.29) is 5.91 Å². The Bertz CT molecular complexity index is 1070. The second-order valence-corrected chi connectivity index (χ2v) is 7.03. The first-order valence-corrected chi connectivity index (χ1v) is 9.70. The van der Waals surface area contributed by atoms with Gasteiger partial charge in [-0.2, -0.15) is 10.2 Å². The van der Waals surface area contributed by atoms with Crippen LogP contribution in [-0.2, 0) is 24.8 Å². The molecule has 0 atom stereocenters. The molecule has 9 heteroatoms. The number of aromatic nitrogens is 4. The van der Waals surface area contributed by atoms with Crippen molar-refractivity contribution in [2.45, 2.75) is 19.9 Å². The van der Waals surface area contributed by atoms with Crippen LogP contribution in [0.25, 0.3) is 6.08 Å². The number of halogens is 1. The molecule has 0 saturated heterocycles. The number of ether oxygens (including phenoxy) is 2. The molecule has 1 amide bonds. The Balaban J connectivity index is 1.57. The molecule has 158 valence electrons. The normalized spacial score (nSPS) is 11.1. The summed E-state index contributed by atoms with van der Waals surface area (Å²) >= 11 is 6.17. The molecule has 1 aromatic carbocycles. The van der Waals surface area contributed by atoms with Crippen molar-refractivity contribution in [1.29, 1.82) is 0 Å². The van der Waals surface area contributed by atoms with Crippen molar-refractivity contribution in [2.24, 2.45) is 7.05 Å². The predicted molar refractivity (Wildman–Crippen MR) is 116 cm³/mol. The Kier molecular flexibility index (Phi) is 6.79. The minimum Gasteiger partial charge on any atom is -0.493 e. The Morgan fingerprint density at radius 3 is 2.70 bits per heavy atom. The summed E-state index contributed by atoms with van der Waals surface area (Å²) in [7, 11) is 4.98. The lowest BCUT2D eigenvalue weighted by Crippen LogP contribution is -2.07. The summed E-state index contributed by atoms with van der Waals surface area (Å²) in [5, 5.41) is 11.8. The van der Waals surface area contributed by atoms with E-state index in [4.69, 9.17) is 21.1 Å². The number of anilines is 1. The van der Waals surface area contributed by atoms with Gasteiger partial charge in [-0.05, 0) is 37.1 Å². The lowest BCUT2D eigenvalue weighted by atomic mass is 10.1. The van der Waals surface area contributed by atoms with Gasteiger partial charge < -0.3 is 14.8 Å². The fourth-order valence-electron chi connectivity index (χ4n) is 3.01. The standard InChI is InChI=1S/C21H24ClN5O3/c1-14-17(21(22)26(2)25-14)6-8-20(28)24-16-12-23-27(13-16)10-9-15-5-7-18(29-3)19(11-15)30-4/h5-8,11-13H,9-10H2,1-4H3,(H,24,28). The molecule has 0 fully saturated rings. The first-order valence-electron chi connectivity index (χ1n) is 9.32. The van der Waals surface area contributed by atoms with Crippen LogP contribution in [0.15, 0.2) is 36.7 Å². The number of methoxy groups -OCH3 is 2. The molecule has 0 aliphatic rings. The molecule has 0 bridgehead atoms. The van der Waals surface area contributed by atoms with Crippen molar-refractivity contribution in [3.05, 3.63) is 58.6 Å². The summed E-state index contributed by atoms with van der Waals surface area (Å²) < 4.78 is 13.9. The van der Waals surface area contributed by atoms with Gasteiger partial charge in [0.15, 0.2) is 11.5 Å². The molecule has 0 spiro atoms. The van der Waals surface area contributed by atoms with Crippen molar-refractivity contribution in [2.75, 3.05) is 19.5 Å². The average molecular weight is 430 g/mol. The Hall–Kier alpha value is -3.26. The van der Waals surface area contributed by atoms with Gasteiger partial charge in [0, 0.05) is 31.4 Å². The predicted octanol–water partition coefficient (Wildman–Crippen LogP) is 3.49. The third-order valence-corrected chi connectivity index (χ3v) is 5.02. The van der Waals surface area contributed by atoms with Crippen molar-refractivity contribution in [1.82, 2.24) is 19.6 Å². The molecule has 3 aromatic rings. The molecule has 1 N–H and O–H groups in total. The van der Waals surface area contributed by atoms with E-state index in [1.54, 1.807) is 49.1 Å². The number of nitrogens with zero attached hydrogens (tertiary/aromatic N) is 4. The van der Waals surface area contributed by atoms with Gasteiger partial charge in [0.2, 0.25) is 5.91 Å². The van der Waals surface area contributed by atoms with Crippen LogP contribution in [-0.4, -0.2) is 39.7 Å². The lowest BCUT2D eigenvalue weighted by Gasteiger charge is -2.09. The fourth-order valence-corrected chi connectivity index (χ4v) is 3.25. The van der Waals surface area contributed by atoms with E-state index in [2.05, 4.69) is 15.5 Å². The zero-order valence-corrected chi connectivity index (χ0v) is 18.1. The van der Waals surface area contributed by atoms with Crippen LogP contribution in [0.3, 0.4) is 0 Å². The largest absolute Gasteiger partial charge is 0.493 e. The van der Waals surface area contributed by atoms with Crippen molar-refractivity contribution >= 4 is 29.3 Å². The van der Waals surface area contributed by atoms with Gasteiger partial charge in [0.25, 0.3) is 0 Å². The Morgan fingerprint density at radius 1 is 1.27 bits per heavy atom. The van der Waals surface area contributed by atoms with Gasteiger partial charge in [0.1, 0.15) is 5.15 Å². The average Bonchev–Trinajstić information content (AvgIpc) is 3.28. The molecule has 0 aliphatic carbocycles. The number of carbonyl (C=O) groups is 1. The first kappa shape index (κ1) is 21.4. The SMILES string of the molecule is COc1ccc(CCn2cc(NC(=O)C=Cc3c(C)nn(C)c3Cl)cn2)cc1OC. The molecule has 8 nitrogen and oxygen atoms in total. The molecular weight excluding hydrogens is 406 g/mol. The van der Waals surface area contributed by atoms with Gasteiger partial charge >= 0.3 is 0 Å². The maximum Gasteiger partial charge on any atom is 0.248 e. The molecule has 0 radical (unpaired) electrons. The molecular formula is C21H24ClN5O3. The quantitative estimate of drug-likeness (QED) is 0.554. The van der Waals surface area contributed by atoms with E-state index in [1.807, 2.05) is 25.1 Å². The Morgan fingerprint density at radius 2 is 2.03 bits per heavy atom. The number of aryl methyl sites for hydroxylation is 4. The second kappa shape index (κ2) is 9.49. The zero-order chi connectivity index (χ0) is 21.7. The summed E-state index contributed by atoms with van der Waals surface area (Å²) in [6.45, 7) is 2.50. The van der Waals surface area contributed by atoms with E-state index >= 15 is 0 Å². The van der Waals surface area contributed by atoms with Crippen molar-refractivity contribution < 1.29 is 14.3 Å². The van der Waals surface area contributed by atoms with Crippen LogP contribution in [0.2, 0.25) is 5.15 Å². The van der Waals surface area contributed by atoms with Gasteiger partial charge in [-0.15, -0.1) is 0 Å². The number of amides is 1. The summed E-state index contributed by atoms with van der Waals surface area (Å²) in [6.07, 6.45) is 7.24. The number of carbonyl (C=O) groups excluding carboxylic acids is 1. The van der Waals surface area contributed by atoms with Gasteiger partial charge in [-0.1, -0.05) is 17.7 Å². The van der Waals surface area contributed by atoms with Crippen LogP contribution in [0.1, 0.15) is 16.8 Å². The van der Waals surface area contributed by atoms with Crippen LogP contribution in [0.4, 0.5) is 5.69 Å². The second-order valence-electron chi connectivity index (χ2n) is 6.67. The molecule has 3 rings (SSSR count). The number of hydrogen-bond donors (Lipinski definition) is 1. The minimum absolute atomic E-state index is 0.270. The summed E-state index contributed by atoms with van der Waals surface area (Å²) in [6, 6.07) is 5.82. The third kappa shape index (κ3) is 5.01. The van der Waals surface area contributed by atoms with Crippen LogP contribution in [0, 0.1) is 6.92 Å². The first-order chi connectivity index (χ1) is 14.4. The van der Waals surface area contributed by atoms with Crippen LogP contribution in [0.5, 0.6) is 11.5 Å². The highest BCUT2D eigenvalue weighted by molar-refractivity contribution is 6.31. The number of nitrogens with one attached hydrogen (secondary N) is 1. The fraction of sp³-hybridized carbons (Fsp3) is 0.286. The van der Waals surface area contributed by atoms with E-state index in [0.29, 0.717) is 28.9 Å². The highest BCUT2D eigenvalue weighted by Crippen LogP contribution is 2.27. The number of hydrogen-bond acceptors (Lipinski definition) is 5. The van der Waals surface area contributed by atoms with E-state index in [0.717, 1.165) is 23.2 Å². The molecule has 2 aromatic heterocycles. The van der Waals surface area contributed by atoms with Crippen molar-refractivity contribution in [3.63, 3.8) is 0 Å². The zero-order valence-electron chi connectivity index (χ0n) is 17.3. The van der Waals surface area contributed by atoms with E-state index < -0.39 is 0 Å². The molecule has 2 heterocycles. The van der Waals surface area contributed by atoms with Crippen LogP contribution >= 0.6 is 11.6 Å². The minimum atomic E-state index is -0.270. The van der Waals surface area contributed by atoms with E-state index in [9.17, 15) is 4.79 Å². The topological polar surface area (TPSA) is 83.2 Å². The van der Waals surface area contributed by atoms with Gasteiger partial charge in [-0.25, -0.2) is 0 Å². The molecule has 30 heavy (non-hydrogen) atoms. The number of benzene rings is 1. The Labute approximate surface area is 180 Å².